The lowest BCUT2D eigenvalue weighted by atomic mass is 10.1. The van der Waals surface area contributed by atoms with Gasteiger partial charge in [-0.05, 0) is 6.07 Å². The largest absolute Gasteiger partial charge is 0.398 e. The Labute approximate surface area is 131 Å². The van der Waals surface area contributed by atoms with Gasteiger partial charge in [0.05, 0.1) is 27.7 Å². The van der Waals surface area contributed by atoms with Crippen molar-refractivity contribution in [1.29, 1.82) is 0 Å². The summed E-state index contributed by atoms with van der Waals surface area (Å²) in [5, 5.41) is 16.3. The van der Waals surface area contributed by atoms with Crippen LogP contribution in [0.3, 0.4) is 0 Å². The van der Waals surface area contributed by atoms with Gasteiger partial charge in [-0.1, -0.05) is 13.8 Å². The van der Waals surface area contributed by atoms with Crippen LogP contribution in [0, 0.1) is 10.1 Å². The van der Waals surface area contributed by atoms with Crippen molar-refractivity contribution in [2.75, 3.05) is 5.73 Å². The predicted molar refractivity (Wildman–Crippen MR) is 84.9 cm³/mol. The van der Waals surface area contributed by atoms with E-state index >= 15 is 0 Å². The number of benzene rings is 1. The first-order valence-electron chi connectivity index (χ1n) is 6.65. The first kappa shape index (κ1) is 15.9. The number of nitrogens with two attached hydrogens (primary N) is 1. The molecule has 116 valence electrons. The lowest BCUT2D eigenvalue weighted by Gasteiger charge is -2.06. The van der Waals surface area contributed by atoms with Crippen LogP contribution in [0.1, 0.15) is 40.8 Å². The highest BCUT2D eigenvalue weighted by Crippen LogP contribution is 2.21. The number of non-ortho nitro benzene ring substituents is 1. The molecule has 2 rings (SSSR count). The topological polar surface area (TPSA) is 111 Å². The Balaban J connectivity index is 2.08. The summed E-state index contributed by atoms with van der Waals surface area (Å²) in [6, 6.07) is 3.79. The average molecular weight is 320 g/mol. The minimum absolute atomic E-state index is 0.0912. The Morgan fingerprint density at radius 3 is 2.82 bits per heavy atom. The Kier molecular flexibility index (Phi) is 4.71. The zero-order chi connectivity index (χ0) is 16.3. The smallest absolute Gasteiger partial charge is 0.270 e. The van der Waals surface area contributed by atoms with Gasteiger partial charge in [-0.2, -0.15) is 0 Å². The minimum Gasteiger partial charge on any atom is -0.398 e. The summed E-state index contributed by atoms with van der Waals surface area (Å²) in [4.78, 5) is 26.7. The van der Waals surface area contributed by atoms with Gasteiger partial charge < -0.3 is 11.1 Å². The van der Waals surface area contributed by atoms with E-state index in [4.69, 9.17) is 5.73 Å². The molecule has 0 saturated heterocycles. The standard InChI is InChI=1S/C14H16N4O3S/c1-8(2)14-17-9(7-22-14)6-16-13(19)11-5-10(18(20)21)3-4-12(11)15/h3-5,7-8H,6,15H2,1-2H3,(H,16,19). The van der Waals surface area contributed by atoms with Gasteiger partial charge >= 0.3 is 0 Å². The first-order chi connectivity index (χ1) is 10.4. The van der Waals surface area contributed by atoms with E-state index in [2.05, 4.69) is 10.3 Å². The Bertz CT molecular complexity index is 712. The molecule has 3 N–H and O–H groups in total. The van der Waals surface area contributed by atoms with E-state index in [9.17, 15) is 14.9 Å². The molecule has 8 heteroatoms. The average Bonchev–Trinajstić information content (AvgIpc) is 2.94. The van der Waals surface area contributed by atoms with E-state index in [-0.39, 0.29) is 23.5 Å². The number of carbonyl (C=O) groups excluding carboxylic acids is 1. The minimum atomic E-state index is -0.564. The summed E-state index contributed by atoms with van der Waals surface area (Å²) in [6.07, 6.45) is 0. The number of hydrogen-bond acceptors (Lipinski definition) is 6. The third-order valence-corrected chi connectivity index (χ3v) is 4.18. The maximum absolute atomic E-state index is 12.1. The number of thiazole rings is 1. The molecule has 1 heterocycles. The summed E-state index contributed by atoms with van der Waals surface area (Å²) >= 11 is 1.54. The second-order valence-corrected chi connectivity index (χ2v) is 5.93. The Morgan fingerprint density at radius 1 is 1.50 bits per heavy atom. The number of anilines is 1. The van der Waals surface area contributed by atoms with E-state index in [1.54, 1.807) is 0 Å². The van der Waals surface area contributed by atoms with Crippen LogP contribution < -0.4 is 11.1 Å². The fraction of sp³-hybridized carbons (Fsp3) is 0.286. The van der Waals surface area contributed by atoms with E-state index in [1.165, 1.54) is 29.5 Å². The van der Waals surface area contributed by atoms with Crippen LogP contribution in [0.25, 0.3) is 0 Å². The van der Waals surface area contributed by atoms with Crippen molar-refractivity contribution in [3.63, 3.8) is 0 Å². The summed E-state index contributed by atoms with van der Waals surface area (Å²) in [5.74, 6) is -0.123. The maximum atomic E-state index is 12.1. The number of amides is 1. The SMILES string of the molecule is CC(C)c1nc(CNC(=O)c2cc([N+](=O)[O-])ccc2N)cs1. The van der Waals surface area contributed by atoms with Gasteiger partial charge in [-0.3, -0.25) is 14.9 Å². The van der Waals surface area contributed by atoms with Crippen LogP contribution in [-0.2, 0) is 6.54 Å². The molecular weight excluding hydrogens is 304 g/mol. The van der Waals surface area contributed by atoms with Crippen LogP contribution in [-0.4, -0.2) is 15.8 Å². The quantitative estimate of drug-likeness (QED) is 0.500. The van der Waals surface area contributed by atoms with Crippen molar-refractivity contribution in [2.45, 2.75) is 26.3 Å². The molecule has 1 amide bonds. The molecule has 0 atom stereocenters. The van der Waals surface area contributed by atoms with Crippen molar-refractivity contribution in [3.05, 3.63) is 50.0 Å². The van der Waals surface area contributed by atoms with Crippen molar-refractivity contribution in [2.24, 2.45) is 0 Å². The summed E-state index contributed by atoms with van der Waals surface area (Å²) in [6.45, 7) is 4.35. The number of nitrogens with one attached hydrogen (secondary N) is 1. The maximum Gasteiger partial charge on any atom is 0.270 e. The second-order valence-electron chi connectivity index (χ2n) is 5.04. The Hall–Kier alpha value is -2.48. The summed E-state index contributed by atoms with van der Waals surface area (Å²) in [5.41, 5.74) is 6.58. The number of rotatable bonds is 5. The van der Waals surface area contributed by atoms with Crippen molar-refractivity contribution >= 4 is 28.6 Å². The number of hydrogen-bond donors (Lipinski definition) is 2. The predicted octanol–water partition coefficient (Wildman–Crippen LogP) is 2.69. The van der Waals surface area contributed by atoms with Gasteiger partial charge in [0, 0.05) is 29.1 Å². The molecule has 0 aliphatic carbocycles. The van der Waals surface area contributed by atoms with Gasteiger partial charge in [0.2, 0.25) is 0 Å². The van der Waals surface area contributed by atoms with Crippen molar-refractivity contribution in [1.82, 2.24) is 10.3 Å². The van der Waals surface area contributed by atoms with E-state index in [0.717, 1.165) is 10.7 Å². The summed E-state index contributed by atoms with van der Waals surface area (Å²) < 4.78 is 0. The molecule has 0 saturated carbocycles. The van der Waals surface area contributed by atoms with Gasteiger partial charge in [-0.15, -0.1) is 11.3 Å². The van der Waals surface area contributed by atoms with Crippen molar-refractivity contribution < 1.29 is 9.72 Å². The number of nitrogen functional groups attached to an aromatic ring is 1. The van der Waals surface area contributed by atoms with Crippen LogP contribution in [0.15, 0.2) is 23.6 Å². The van der Waals surface area contributed by atoms with Crippen LogP contribution in [0.2, 0.25) is 0 Å². The van der Waals surface area contributed by atoms with Crippen LogP contribution in [0.4, 0.5) is 11.4 Å². The number of nitrogens with zero attached hydrogens (tertiary/aromatic N) is 2. The fourth-order valence-electron chi connectivity index (χ4n) is 1.79. The fourth-order valence-corrected chi connectivity index (χ4v) is 2.62. The van der Waals surface area contributed by atoms with E-state index in [1.807, 2.05) is 19.2 Å². The summed E-state index contributed by atoms with van der Waals surface area (Å²) in [7, 11) is 0. The molecule has 0 unspecified atom stereocenters. The number of carbonyl (C=O) groups is 1. The van der Waals surface area contributed by atoms with Gasteiger partial charge in [0.15, 0.2) is 0 Å². The molecule has 0 aliphatic heterocycles. The van der Waals surface area contributed by atoms with Crippen LogP contribution in [0.5, 0.6) is 0 Å². The van der Waals surface area contributed by atoms with Gasteiger partial charge in [0.25, 0.3) is 11.6 Å². The highest BCUT2D eigenvalue weighted by atomic mass is 32.1. The monoisotopic (exact) mass is 320 g/mol. The second kappa shape index (κ2) is 6.52. The molecule has 1 aromatic heterocycles. The van der Waals surface area contributed by atoms with Crippen LogP contribution >= 0.6 is 11.3 Å². The molecule has 0 aliphatic rings. The molecule has 0 spiro atoms. The van der Waals surface area contributed by atoms with Crippen molar-refractivity contribution in [3.8, 4) is 0 Å². The zero-order valence-corrected chi connectivity index (χ0v) is 13.0. The molecule has 0 radical (unpaired) electrons. The zero-order valence-electron chi connectivity index (χ0n) is 12.2. The van der Waals surface area contributed by atoms with E-state index in [0.29, 0.717) is 5.92 Å². The van der Waals surface area contributed by atoms with Gasteiger partial charge in [-0.25, -0.2) is 4.98 Å². The first-order valence-corrected chi connectivity index (χ1v) is 7.53. The molecule has 2 aromatic rings. The lowest BCUT2D eigenvalue weighted by Crippen LogP contribution is -2.24. The molecular formula is C14H16N4O3S. The molecule has 7 nitrogen and oxygen atoms in total. The lowest BCUT2D eigenvalue weighted by molar-refractivity contribution is -0.384. The molecule has 0 bridgehead atoms. The molecule has 22 heavy (non-hydrogen) atoms. The highest BCUT2D eigenvalue weighted by molar-refractivity contribution is 7.09. The number of nitro groups is 1. The normalized spacial score (nSPS) is 10.7. The third kappa shape index (κ3) is 3.59. The van der Waals surface area contributed by atoms with Gasteiger partial charge in [0.1, 0.15) is 0 Å². The van der Waals surface area contributed by atoms with E-state index < -0.39 is 10.8 Å². The highest BCUT2D eigenvalue weighted by Gasteiger charge is 2.15. The third-order valence-electron chi connectivity index (χ3n) is 2.99. The molecule has 1 aromatic carbocycles. The number of nitro benzene ring substituents is 1. The Morgan fingerprint density at radius 2 is 2.23 bits per heavy atom. The number of aromatic nitrogens is 1. The molecule has 0 fully saturated rings.